The molecular weight excluding hydrogens is 314 g/mol. The standard InChI is InChI=1S/C18H24F2N2O2/c1-13(23)21-10-9-16-4-2-3-11-22(16)18(24)8-6-14-5-7-15(19)12-17(14)20/h5,7,12,16H,2-4,6,8-11H2,1H3,(H,21,23). The van der Waals surface area contributed by atoms with Gasteiger partial charge in [-0.15, -0.1) is 0 Å². The van der Waals surface area contributed by atoms with E-state index in [4.69, 9.17) is 0 Å². The predicted octanol–water partition coefficient (Wildman–Crippen LogP) is 2.80. The fourth-order valence-electron chi connectivity index (χ4n) is 3.15. The Hall–Kier alpha value is -1.98. The number of nitrogens with zero attached hydrogens (tertiary/aromatic N) is 1. The Morgan fingerprint density at radius 2 is 2.08 bits per heavy atom. The van der Waals surface area contributed by atoms with Gasteiger partial charge in [-0.3, -0.25) is 9.59 Å². The topological polar surface area (TPSA) is 49.4 Å². The van der Waals surface area contributed by atoms with Crippen molar-refractivity contribution >= 4 is 11.8 Å². The highest BCUT2D eigenvalue weighted by molar-refractivity contribution is 5.77. The van der Waals surface area contributed by atoms with E-state index in [1.54, 1.807) is 0 Å². The van der Waals surface area contributed by atoms with Crippen LogP contribution >= 0.6 is 0 Å². The van der Waals surface area contributed by atoms with Crippen LogP contribution in [0, 0.1) is 11.6 Å². The van der Waals surface area contributed by atoms with Gasteiger partial charge in [-0.2, -0.15) is 0 Å². The van der Waals surface area contributed by atoms with Crippen molar-refractivity contribution < 1.29 is 18.4 Å². The van der Waals surface area contributed by atoms with Crippen molar-refractivity contribution in [3.05, 3.63) is 35.4 Å². The number of benzene rings is 1. The number of piperidine rings is 1. The van der Waals surface area contributed by atoms with Gasteiger partial charge in [-0.05, 0) is 43.7 Å². The lowest BCUT2D eigenvalue weighted by Gasteiger charge is -2.36. The third-order valence-corrected chi connectivity index (χ3v) is 4.42. The number of halogens is 2. The minimum absolute atomic E-state index is 0.00810. The van der Waals surface area contributed by atoms with E-state index in [2.05, 4.69) is 5.32 Å². The normalized spacial score (nSPS) is 17.6. The van der Waals surface area contributed by atoms with E-state index < -0.39 is 11.6 Å². The molecule has 6 heteroatoms. The molecule has 1 unspecified atom stereocenters. The molecule has 1 fully saturated rings. The van der Waals surface area contributed by atoms with Crippen LogP contribution in [0.4, 0.5) is 8.78 Å². The van der Waals surface area contributed by atoms with Gasteiger partial charge in [-0.1, -0.05) is 6.07 Å². The number of hydrogen-bond donors (Lipinski definition) is 1. The van der Waals surface area contributed by atoms with Crippen LogP contribution in [0.25, 0.3) is 0 Å². The number of rotatable bonds is 6. The maximum atomic E-state index is 13.7. The summed E-state index contributed by atoms with van der Waals surface area (Å²) in [6, 6.07) is 3.57. The quantitative estimate of drug-likeness (QED) is 0.867. The molecule has 1 aromatic rings. The second kappa shape index (κ2) is 8.76. The average Bonchev–Trinajstić information content (AvgIpc) is 2.54. The van der Waals surface area contributed by atoms with E-state index in [-0.39, 0.29) is 30.7 Å². The summed E-state index contributed by atoms with van der Waals surface area (Å²) in [5, 5.41) is 2.76. The molecule has 132 valence electrons. The van der Waals surface area contributed by atoms with Crippen molar-refractivity contribution in [2.24, 2.45) is 0 Å². The first-order chi connectivity index (χ1) is 11.5. The van der Waals surface area contributed by atoms with Crippen molar-refractivity contribution in [3.8, 4) is 0 Å². The minimum Gasteiger partial charge on any atom is -0.356 e. The first-order valence-electron chi connectivity index (χ1n) is 8.45. The van der Waals surface area contributed by atoms with Crippen molar-refractivity contribution in [2.45, 2.75) is 51.5 Å². The molecule has 4 nitrogen and oxygen atoms in total. The lowest BCUT2D eigenvalue weighted by atomic mass is 9.98. The van der Waals surface area contributed by atoms with Crippen molar-refractivity contribution in [1.29, 1.82) is 0 Å². The lowest BCUT2D eigenvalue weighted by molar-refractivity contribution is -0.134. The zero-order valence-corrected chi connectivity index (χ0v) is 14.0. The summed E-state index contributed by atoms with van der Waals surface area (Å²) in [5.41, 5.74) is 0.358. The molecule has 2 amide bonds. The molecule has 1 saturated heterocycles. The second-order valence-corrected chi connectivity index (χ2v) is 6.24. The third kappa shape index (κ3) is 5.28. The van der Waals surface area contributed by atoms with Gasteiger partial charge in [0.15, 0.2) is 0 Å². The molecule has 2 rings (SSSR count). The zero-order valence-electron chi connectivity index (χ0n) is 14.0. The van der Waals surface area contributed by atoms with E-state index in [0.29, 0.717) is 18.7 Å². The molecule has 0 aromatic heterocycles. The highest BCUT2D eigenvalue weighted by atomic mass is 19.1. The first kappa shape index (κ1) is 18.4. The molecule has 0 radical (unpaired) electrons. The molecule has 0 spiro atoms. The van der Waals surface area contributed by atoms with Gasteiger partial charge < -0.3 is 10.2 Å². The van der Waals surface area contributed by atoms with Crippen molar-refractivity contribution in [2.75, 3.05) is 13.1 Å². The summed E-state index contributed by atoms with van der Waals surface area (Å²) in [4.78, 5) is 25.3. The van der Waals surface area contributed by atoms with Gasteiger partial charge in [0.1, 0.15) is 11.6 Å². The Kier molecular flexibility index (Phi) is 6.70. The molecule has 1 aromatic carbocycles. The Morgan fingerprint density at radius 1 is 1.29 bits per heavy atom. The highest BCUT2D eigenvalue weighted by Gasteiger charge is 2.26. The summed E-state index contributed by atoms with van der Waals surface area (Å²) in [5.74, 6) is -1.30. The van der Waals surface area contributed by atoms with Gasteiger partial charge >= 0.3 is 0 Å². The fourth-order valence-corrected chi connectivity index (χ4v) is 3.15. The molecule has 1 aliphatic rings. The van der Waals surface area contributed by atoms with Crippen LogP contribution in [0.15, 0.2) is 18.2 Å². The van der Waals surface area contributed by atoms with Crippen LogP contribution in [0.2, 0.25) is 0 Å². The molecule has 0 saturated carbocycles. The van der Waals surface area contributed by atoms with Gasteiger partial charge in [0, 0.05) is 38.5 Å². The van der Waals surface area contributed by atoms with E-state index in [1.807, 2.05) is 4.90 Å². The van der Waals surface area contributed by atoms with Crippen LogP contribution in [-0.4, -0.2) is 35.8 Å². The summed E-state index contributed by atoms with van der Waals surface area (Å²) < 4.78 is 26.6. The number of hydrogen-bond acceptors (Lipinski definition) is 2. The van der Waals surface area contributed by atoms with Gasteiger partial charge in [0.25, 0.3) is 0 Å². The number of amides is 2. The molecule has 24 heavy (non-hydrogen) atoms. The van der Waals surface area contributed by atoms with Crippen LogP contribution < -0.4 is 5.32 Å². The maximum absolute atomic E-state index is 13.7. The van der Waals surface area contributed by atoms with Crippen LogP contribution in [0.1, 0.15) is 44.6 Å². The molecule has 1 aliphatic heterocycles. The number of carbonyl (C=O) groups excluding carboxylic acids is 2. The Bertz CT molecular complexity index is 592. The number of nitrogens with one attached hydrogen (secondary N) is 1. The van der Waals surface area contributed by atoms with Gasteiger partial charge in [0.2, 0.25) is 11.8 Å². The zero-order chi connectivity index (χ0) is 17.5. The van der Waals surface area contributed by atoms with Gasteiger partial charge in [-0.25, -0.2) is 8.78 Å². The second-order valence-electron chi connectivity index (χ2n) is 6.24. The van der Waals surface area contributed by atoms with Crippen molar-refractivity contribution in [1.82, 2.24) is 10.2 Å². The number of aryl methyl sites for hydroxylation is 1. The number of carbonyl (C=O) groups is 2. The van der Waals surface area contributed by atoms with E-state index in [9.17, 15) is 18.4 Å². The van der Waals surface area contributed by atoms with E-state index in [1.165, 1.54) is 19.1 Å². The molecule has 1 N–H and O–H groups in total. The average molecular weight is 338 g/mol. The summed E-state index contributed by atoms with van der Waals surface area (Å²) in [6.07, 6.45) is 4.17. The monoisotopic (exact) mass is 338 g/mol. The Balaban J connectivity index is 1.89. The van der Waals surface area contributed by atoms with Crippen LogP contribution in [-0.2, 0) is 16.0 Å². The Morgan fingerprint density at radius 3 is 2.79 bits per heavy atom. The minimum atomic E-state index is -0.614. The largest absolute Gasteiger partial charge is 0.356 e. The Labute approximate surface area is 141 Å². The first-order valence-corrected chi connectivity index (χ1v) is 8.45. The predicted molar refractivity (Wildman–Crippen MR) is 87.3 cm³/mol. The SMILES string of the molecule is CC(=O)NCCC1CCCCN1C(=O)CCc1ccc(F)cc1F. The van der Waals surface area contributed by atoms with Crippen molar-refractivity contribution in [3.63, 3.8) is 0 Å². The third-order valence-electron chi connectivity index (χ3n) is 4.42. The molecule has 0 aliphatic carbocycles. The van der Waals surface area contributed by atoms with Gasteiger partial charge in [0.05, 0.1) is 0 Å². The summed E-state index contributed by atoms with van der Waals surface area (Å²) in [6.45, 7) is 2.73. The molecule has 1 heterocycles. The molecular formula is C18H24F2N2O2. The fraction of sp³-hybridized carbons (Fsp3) is 0.556. The van der Waals surface area contributed by atoms with E-state index in [0.717, 1.165) is 31.7 Å². The van der Waals surface area contributed by atoms with Crippen LogP contribution in [0.5, 0.6) is 0 Å². The van der Waals surface area contributed by atoms with Crippen LogP contribution in [0.3, 0.4) is 0 Å². The summed E-state index contributed by atoms with van der Waals surface area (Å²) >= 11 is 0. The maximum Gasteiger partial charge on any atom is 0.223 e. The molecule has 0 bridgehead atoms. The number of likely N-dealkylation sites (tertiary alicyclic amines) is 1. The summed E-state index contributed by atoms with van der Waals surface area (Å²) in [7, 11) is 0. The van der Waals surface area contributed by atoms with E-state index >= 15 is 0 Å². The smallest absolute Gasteiger partial charge is 0.223 e. The highest BCUT2D eigenvalue weighted by Crippen LogP contribution is 2.21. The lowest BCUT2D eigenvalue weighted by Crippen LogP contribution is -2.45. The molecule has 1 atom stereocenters.